The lowest BCUT2D eigenvalue weighted by Gasteiger charge is -2.13. The number of rotatable bonds is 3. The lowest BCUT2D eigenvalue weighted by molar-refractivity contribution is 0.102. The smallest absolute Gasteiger partial charge is 0.257 e. The van der Waals surface area contributed by atoms with E-state index < -0.39 is 10.0 Å². The second-order valence-corrected chi connectivity index (χ2v) is 7.94. The average Bonchev–Trinajstić information content (AvgIpc) is 2.83. The molecule has 0 spiro atoms. The SMILES string of the molecule is CNS(=O)(=O)c1ccccc1-c1ccc2c(c1)Nc1ccccc1NC2=O. The molecule has 7 heteroatoms. The van der Waals surface area contributed by atoms with Crippen LogP contribution in [0.15, 0.2) is 71.6 Å². The van der Waals surface area contributed by atoms with E-state index in [9.17, 15) is 13.2 Å². The van der Waals surface area contributed by atoms with Gasteiger partial charge in [0, 0.05) is 5.56 Å². The van der Waals surface area contributed by atoms with E-state index in [0.717, 1.165) is 5.69 Å². The molecule has 6 nitrogen and oxygen atoms in total. The molecule has 0 saturated heterocycles. The van der Waals surface area contributed by atoms with Gasteiger partial charge in [-0.1, -0.05) is 36.4 Å². The monoisotopic (exact) mass is 379 g/mol. The number of amides is 1. The zero-order chi connectivity index (χ0) is 19.0. The van der Waals surface area contributed by atoms with Gasteiger partial charge in [-0.25, -0.2) is 13.1 Å². The molecule has 0 aliphatic carbocycles. The van der Waals surface area contributed by atoms with E-state index >= 15 is 0 Å². The number of anilines is 3. The highest BCUT2D eigenvalue weighted by Gasteiger charge is 2.21. The molecule has 136 valence electrons. The molecule has 0 saturated carbocycles. The van der Waals surface area contributed by atoms with Crippen LogP contribution in [0.1, 0.15) is 10.4 Å². The van der Waals surface area contributed by atoms with Crippen molar-refractivity contribution in [1.82, 2.24) is 4.72 Å². The molecule has 1 heterocycles. The third-order valence-corrected chi connectivity index (χ3v) is 5.94. The van der Waals surface area contributed by atoms with Gasteiger partial charge < -0.3 is 10.6 Å². The average molecular weight is 379 g/mol. The molecule has 0 aromatic heterocycles. The first-order chi connectivity index (χ1) is 13.0. The molecular weight excluding hydrogens is 362 g/mol. The van der Waals surface area contributed by atoms with Crippen molar-refractivity contribution < 1.29 is 13.2 Å². The number of carbonyl (C=O) groups excluding carboxylic acids is 1. The van der Waals surface area contributed by atoms with Crippen molar-refractivity contribution in [1.29, 1.82) is 0 Å². The fourth-order valence-electron chi connectivity index (χ4n) is 3.10. The van der Waals surface area contributed by atoms with Crippen LogP contribution in [-0.4, -0.2) is 21.4 Å². The van der Waals surface area contributed by atoms with Gasteiger partial charge in [-0.15, -0.1) is 0 Å². The van der Waals surface area contributed by atoms with Crippen LogP contribution in [0.4, 0.5) is 17.1 Å². The van der Waals surface area contributed by atoms with Crippen LogP contribution < -0.4 is 15.4 Å². The first-order valence-corrected chi connectivity index (χ1v) is 9.82. The Kier molecular flexibility index (Phi) is 4.18. The van der Waals surface area contributed by atoms with Crippen LogP contribution in [0.5, 0.6) is 0 Å². The normalized spacial score (nSPS) is 13.0. The Morgan fingerprint density at radius 3 is 2.19 bits per heavy atom. The van der Waals surface area contributed by atoms with E-state index in [1.54, 1.807) is 42.5 Å². The molecule has 0 radical (unpaired) electrons. The number of para-hydroxylation sites is 2. The number of hydrogen-bond donors (Lipinski definition) is 3. The van der Waals surface area contributed by atoms with Crippen molar-refractivity contribution >= 4 is 33.0 Å². The Labute approximate surface area is 157 Å². The summed E-state index contributed by atoms with van der Waals surface area (Å²) >= 11 is 0. The number of nitrogens with one attached hydrogen (secondary N) is 3. The molecule has 0 fully saturated rings. The highest BCUT2D eigenvalue weighted by Crippen LogP contribution is 2.35. The lowest BCUT2D eigenvalue weighted by Crippen LogP contribution is -2.19. The highest BCUT2D eigenvalue weighted by atomic mass is 32.2. The van der Waals surface area contributed by atoms with E-state index in [0.29, 0.717) is 28.1 Å². The Bertz CT molecular complexity index is 1160. The van der Waals surface area contributed by atoms with Gasteiger partial charge in [0.2, 0.25) is 10.0 Å². The highest BCUT2D eigenvalue weighted by molar-refractivity contribution is 7.89. The zero-order valence-corrected chi connectivity index (χ0v) is 15.3. The first-order valence-electron chi connectivity index (χ1n) is 8.34. The van der Waals surface area contributed by atoms with Crippen LogP contribution >= 0.6 is 0 Å². The van der Waals surface area contributed by atoms with Crippen LogP contribution in [0.2, 0.25) is 0 Å². The van der Waals surface area contributed by atoms with E-state index in [1.165, 1.54) is 7.05 Å². The third-order valence-electron chi connectivity index (χ3n) is 4.47. The number of carbonyl (C=O) groups is 1. The molecule has 27 heavy (non-hydrogen) atoms. The summed E-state index contributed by atoms with van der Waals surface area (Å²) in [6.45, 7) is 0. The fourth-order valence-corrected chi connectivity index (χ4v) is 4.05. The van der Waals surface area contributed by atoms with E-state index in [4.69, 9.17) is 0 Å². The first kappa shape index (κ1) is 17.3. The van der Waals surface area contributed by atoms with Crippen LogP contribution in [0, 0.1) is 0 Å². The van der Waals surface area contributed by atoms with Crippen molar-refractivity contribution in [2.24, 2.45) is 0 Å². The summed E-state index contributed by atoms with van der Waals surface area (Å²) in [6, 6.07) is 19.4. The van der Waals surface area contributed by atoms with Crippen molar-refractivity contribution in [2.75, 3.05) is 17.7 Å². The Hall–Kier alpha value is -3.16. The summed E-state index contributed by atoms with van der Waals surface area (Å²) in [6.07, 6.45) is 0. The molecule has 0 unspecified atom stereocenters. The summed E-state index contributed by atoms with van der Waals surface area (Å²) in [7, 11) is -2.23. The topological polar surface area (TPSA) is 87.3 Å². The summed E-state index contributed by atoms with van der Waals surface area (Å²) in [5.74, 6) is -0.217. The third kappa shape index (κ3) is 3.07. The van der Waals surface area contributed by atoms with Gasteiger partial charge in [-0.2, -0.15) is 0 Å². The van der Waals surface area contributed by atoms with E-state index in [-0.39, 0.29) is 10.8 Å². The molecule has 3 aromatic rings. The van der Waals surface area contributed by atoms with Gasteiger partial charge in [-0.05, 0) is 42.9 Å². The number of benzene rings is 3. The Morgan fingerprint density at radius 2 is 1.44 bits per heavy atom. The van der Waals surface area contributed by atoms with Crippen molar-refractivity contribution in [2.45, 2.75) is 4.90 Å². The number of fused-ring (bicyclic) bond motifs is 2. The number of hydrogen-bond acceptors (Lipinski definition) is 4. The Morgan fingerprint density at radius 1 is 0.778 bits per heavy atom. The second-order valence-electron chi connectivity index (χ2n) is 6.09. The fraction of sp³-hybridized carbons (Fsp3) is 0.0500. The lowest BCUT2D eigenvalue weighted by atomic mass is 10.0. The van der Waals surface area contributed by atoms with Gasteiger partial charge in [0.1, 0.15) is 0 Å². The van der Waals surface area contributed by atoms with Crippen LogP contribution in [0.3, 0.4) is 0 Å². The molecule has 1 amide bonds. The summed E-state index contributed by atoms with van der Waals surface area (Å²) < 4.78 is 27.1. The second kappa shape index (κ2) is 6.53. The van der Waals surface area contributed by atoms with Crippen LogP contribution in [0.25, 0.3) is 11.1 Å². The minimum absolute atomic E-state index is 0.186. The number of sulfonamides is 1. The van der Waals surface area contributed by atoms with Crippen molar-refractivity contribution in [3.05, 3.63) is 72.3 Å². The minimum atomic E-state index is -3.61. The van der Waals surface area contributed by atoms with Gasteiger partial charge >= 0.3 is 0 Å². The maximum atomic E-state index is 12.5. The molecular formula is C20H17N3O3S. The minimum Gasteiger partial charge on any atom is -0.353 e. The predicted octanol–water partition coefficient (Wildman–Crippen LogP) is 3.57. The van der Waals surface area contributed by atoms with Crippen molar-refractivity contribution in [3.8, 4) is 11.1 Å². The van der Waals surface area contributed by atoms with E-state index in [2.05, 4.69) is 15.4 Å². The maximum absolute atomic E-state index is 12.5. The van der Waals surface area contributed by atoms with Gasteiger partial charge in [-0.3, -0.25) is 4.79 Å². The van der Waals surface area contributed by atoms with Gasteiger partial charge in [0.25, 0.3) is 5.91 Å². The summed E-state index contributed by atoms with van der Waals surface area (Å²) in [5, 5.41) is 6.14. The van der Waals surface area contributed by atoms with Gasteiger partial charge in [0.05, 0.1) is 27.5 Å². The Balaban J connectivity index is 1.87. The van der Waals surface area contributed by atoms with Crippen molar-refractivity contribution in [3.63, 3.8) is 0 Å². The van der Waals surface area contributed by atoms with Crippen LogP contribution in [-0.2, 0) is 10.0 Å². The predicted molar refractivity (Wildman–Crippen MR) is 106 cm³/mol. The molecule has 1 aliphatic heterocycles. The molecule has 3 aromatic carbocycles. The quantitative estimate of drug-likeness (QED) is 0.649. The van der Waals surface area contributed by atoms with Gasteiger partial charge in [0.15, 0.2) is 0 Å². The maximum Gasteiger partial charge on any atom is 0.257 e. The molecule has 1 aliphatic rings. The zero-order valence-electron chi connectivity index (χ0n) is 14.5. The largest absolute Gasteiger partial charge is 0.353 e. The summed E-state index contributed by atoms with van der Waals surface area (Å²) in [4.78, 5) is 12.7. The molecule has 3 N–H and O–H groups in total. The summed E-state index contributed by atoms with van der Waals surface area (Å²) in [5.41, 5.74) is 3.84. The standard InChI is InChI=1S/C20H17N3O3S/c1-21-27(25,26)19-9-5-2-6-14(19)13-10-11-15-18(12-13)22-16-7-3-4-8-17(16)23-20(15)24/h2-12,21-22H,1H3,(H,23,24). The molecule has 4 rings (SSSR count). The van der Waals surface area contributed by atoms with E-state index in [1.807, 2.05) is 24.3 Å². The molecule has 0 bridgehead atoms. The molecule has 0 atom stereocenters.